The number of nitrogens with zero attached hydrogens (tertiary/aromatic N) is 1. The van der Waals surface area contributed by atoms with E-state index in [1.54, 1.807) is 18.2 Å². The summed E-state index contributed by atoms with van der Waals surface area (Å²) in [5, 5.41) is 4.06. The van der Waals surface area contributed by atoms with Gasteiger partial charge in [0, 0.05) is 23.6 Å². The average Bonchev–Trinajstić information content (AvgIpc) is 2.67. The maximum absolute atomic E-state index is 12.7. The normalized spacial score (nSPS) is 17.3. The minimum Gasteiger partial charge on any atom is -0.370 e. The molecule has 1 aliphatic rings. The topological polar surface area (TPSA) is 88.2 Å². The second-order valence-corrected chi connectivity index (χ2v) is 14.7. The highest BCUT2D eigenvalue weighted by atomic mass is 32.2. The summed E-state index contributed by atoms with van der Waals surface area (Å²) in [4.78, 5) is 4.85. The van der Waals surface area contributed by atoms with Gasteiger partial charge in [-0.2, -0.15) is 11.8 Å². The third-order valence-electron chi connectivity index (χ3n) is 5.44. The molecule has 0 amide bonds. The highest BCUT2D eigenvalue weighted by molar-refractivity contribution is 7.99. The molecule has 3 rings (SSSR count). The number of thioether (sulfide) groups is 1. The summed E-state index contributed by atoms with van der Waals surface area (Å²) >= 11 is 1.87. The number of hydrogen-bond donors (Lipinski definition) is 2. The minimum atomic E-state index is -3.53. The number of aromatic nitrogens is 1. The molecule has 1 aliphatic heterocycles. The zero-order valence-corrected chi connectivity index (χ0v) is 19.7. The van der Waals surface area contributed by atoms with Gasteiger partial charge >= 0.3 is 0 Å². The third kappa shape index (κ3) is 6.20. The number of rotatable bonds is 8. The van der Waals surface area contributed by atoms with Crippen molar-refractivity contribution in [2.45, 2.75) is 42.8 Å². The van der Waals surface area contributed by atoms with Gasteiger partial charge in [0.15, 0.2) is 0 Å². The number of anilines is 1. The summed E-state index contributed by atoms with van der Waals surface area (Å²) in [5.74, 6) is 2.73. The van der Waals surface area contributed by atoms with Gasteiger partial charge in [-0.1, -0.05) is 6.92 Å². The number of pyridine rings is 1. The molecule has 0 saturated carbocycles. The molecule has 1 unspecified atom stereocenters. The first-order valence-electron chi connectivity index (χ1n) is 9.94. The molecule has 0 aliphatic carbocycles. The molecule has 2 N–H and O–H groups in total. The van der Waals surface area contributed by atoms with Crippen LogP contribution in [0.3, 0.4) is 0 Å². The highest BCUT2D eigenvalue weighted by Crippen LogP contribution is 2.43. The zero-order valence-electron chi connectivity index (χ0n) is 17.2. The van der Waals surface area contributed by atoms with Crippen molar-refractivity contribution in [3.05, 3.63) is 30.3 Å². The molecule has 0 radical (unpaired) electrons. The van der Waals surface area contributed by atoms with Crippen LogP contribution < -0.4 is 10.0 Å². The van der Waals surface area contributed by atoms with Crippen LogP contribution in [0.4, 0.5) is 5.82 Å². The Morgan fingerprint density at radius 3 is 2.62 bits per heavy atom. The fourth-order valence-electron chi connectivity index (χ4n) is 3.19. The molecular formula is C20H30N3O3PS2. The van der Waals surface area contributed by atoms with Crippen molar-refractivity contribution in [2.75, 3.05) is 36.7 Å². The van der Waals surface area contributed by atoms with Crippen molar-refractivity contribution in [2.24, 2.45) is 0 Å². The maximum atomic E-state index is 12.7. The van der Waals surface area contributed by atoms with Gasteiger partial charge in [-0.3, -0.25) is 0 Å². The van der Waals surface area contributed by atoms with Crippen LogP contribution in [0.25, 0.3) is 10.9 Å². The lowest BCUT2D eigenvalue weighted by atomic mass is 10.2. The van der Waals surface area contributed by atoms with Gasteiger partial charge in [0.1, 0.15) is 5.82 Å². The maximum Gasteiger partial charge on any atom is 0.240 e. The van der Waals surface area contributed by atoms with Crippen LogP contribution in [0.15, 0.2) is 35.2 Å². The molecule has 160 valence electrons. The standard InChI is InChI=1S/C20H30N3O3PS2/c1-15(27(2,3)24)8-11-21-20-7-4-16-14-18(5-6-19(16)22-20)29(25,26)23-17-9-12-28-13-10-17/h4-7,14-15,17,23H,8-13H2,1-3H3,(H,21,22). The fraction of sp³-hybridized carbons (Fsp3) is 0.550. The van der Waals surface area contributed by atoms with Crippen LogP contribution in [0.5, 0.6) is 0 Å². The molecule has 1 aromatic heterocycles. The number of fused-ring (bicyclic) bond motifs is 1. The predicted octanol–water partition coefficient (Wildman–Crippen LogP) is 4.22. The Morgan fingerprint density at radius 2 is 1.93 bits per heavy atom. The van der Waals surface area contributed by atoms with Crippen molar-refractivity contribution >= 4 is 45.6 Å². The molecule has 0 bridgehead atoms. The van der Waals surface area contributed by atoms with E-state index < -0.39 is 17.2 Å². The molecule has 1 aromatic carbocycles. The Labute approximate surface area is 178 Å². The van der Waals surface area contributed by atoms with E-state index in [1.807, 2.05) is 44.1 Å². The van der Waals surface area contributed by atoms with Crippen molar-refractivity contribution in [3.63, 3.8) is 0 Å². The minimum absolute atomic E-state index is 0.0191. The van der Waals surface area contributed by atoms with E-state index >= 15 is 0 Å². The van der Waals surface area contributed by atoms with Gasteiger partial charge in [-0.15, -0.1) is 0 Å². The van der Waals surface area contributed by atoms with Gasteiger partial charge in [0.25, 0.3) is 0 Å². The number of hydrogen-bond acceptors (Lipinski definition) is 6. The van der Waals surface area contributed by atoms with Gasteiger partial charge in [0.05, 0.1) is 17.6 Å². The van der Waals surface area contributed by atoms with Gasteiger partial charge in [0.2, 0.25) is 10.0 Å². The Hall–Kier alpha value is -1.08. The molecule has 1 saturated heterocycles. The molecule has 29 heavy (non-hydrogen) atoms. The Morgan fingerprint density at radius 1 is 1.21 bits per heavy atom. The van der Waals surface area contributed by atoms with Gasteiger partial charge < -0.3 is 9.88 Å². The predicted molar refractivity (Wildman–Crippen MR) is 124 cm³/mol. The average molecular weight is 456 g/mol. The molecule has 6 nitrogen and oxygen atoms in total. The largest absolute Gasteiger partial charge is 0.370 e. The monoisotopic (exact) mass is 455 g/mol. The SMILES string of the molecule is CC(CCNc1ccc2cc(S(=O)(=O)NC3CCSCC3)ccc2n1)P(C)(C)=O. The quantitative estimate of drug-likeness (QED) is 0.580. The zero-order chi connectivity index (χ0) is 21.1. The lowest BCUT2D eigenvalue weighted by molar-refractivity contribution is 0.529. The van der Waals surface area contributed by atoms with E-state index in [0.29, 0.717) is 6.54 Å². The second kappa shape index (κ2) is 9.38. The van der Waals surface area contributed by atoms with Gasteiger partial charge in [-0.25, -0.2) is 18.1 Å². The molecule has 0 spiro atoms. The first-order chi connectivity index (χ1) is 13.6. The van der Waals surface area contributed by atoms with E-state index in [-0.39, 0.29) is 16.6 Å². The molecular weight excluding hydrogens is 425 g/mol. The van der Waals surface area contributed by atoms with E-state index in [4.69, 9.17) is 0 Å². The lowest BCUT2D eigenvalue weighted by Gasteiger charge is -2.22. The highest BCUT2D eigenvalue weighted by Gasteiger charge is 2.22. The van der Waals surface area contributed by atoms with E-state index in [1.165, 1.54) is 0 Å². The van der Waals surface area contributed by atoms with E-state index in [0.717, 1.165) is 47.5 Å². The molecule has 9 heteroatoms. The summed E-state index contributed by atoms with van der Waals surface area (Å²) in [6, 6.07) is 8.80. The van der Waals surface area contributed by atoms with Crippen LogP contribution in [0.1, 0.15) is 26.2 Å². The first kappa shape index (κ1) is 22.6. The molecule has 2 heterocycles. The third-order valence-corrected chi connectivity index (χ3v) is 10.4. The van der Waals surface area contributed by atoms with E-state index in [9.17, 15) is 13.0 Å². The Balaban J connectivity index is 1.68. The number of benzene rings is 1. The summed E-state index contributed by atoms with van der Waals surface area (Å²) in [7, 11) is -5.61. The summed E-state index contributed by atoms with van der Waals surface area (Å²) in [5.41, 5.74) is 0.909. The summed E-state index contributed by atoms with van der Waals surface area (Å²) < 4.78 is 40.4. The smallest absolute Gasteiger partial charge is 0.240 e. The van der Waals surface area contributed by atoms with Crippen molar-refractivity contribution in [1.82, 2.24) is 9.71 Å². The van der Waals surface area contributed by atoms with Crippen LogP contribution in [-0.2, 0) is 14.6 Å². The molecule has 2 aromatic rings. The number of sulfonamides is 1. The van der Waals surface area contributed by atoms with Crippen LogP contribution in [-0.4, -0.2) is 56.5 Å². The van der Waals surface area contributed by atoms with Crippen molar-refractivity contribution < 1.29 is 13.0 Å². The van der Waals surface area contributed by atoms with Crippen LogP contribution in [0.2, 0.25) is 0 Å². The van der Waals surface area contributed by atoms with Crippen molar-refractivity contribution in [3.8, 4) is 0 Å². The second-order valence-electron chi connectivity index (χ2n) is 8.06. The Bertz CT molecular complexity index is 1000. The van der Waals surface area contributed by atoms with E-state index in [2.05, 4.69) is 15.0 Å². The fourth-order valence-corrected chi connectivity index (χ4v) is 6.39. The van der Waals surface area contributed by atoms with Crippen LogP contribution >= 0.6 is 18.9 Å². The molecule has 1 atom stereocenters. The summed E-state index contributed by atoms with van der Waals surface area (Å²) in [6.07, 6.45) is 2.56. The summed E-state index contributed by atoms with van der Waals surface area (Å²) in [6.45, 7) is 6.35. The van der Waals surface area contributed by atoms with Crippen LogP contribution in [0, 0.1) is 0 Å². The van der Waals surface area contributed by atoms with Crippen molar-refractivity contribution in [1.29, 1.82) is 0 Å². The number of nitrogens with one attached hydrogen (secondary N) is 2. The first-order valence-corrected chi connectivity index (χ1v) is 15.3. The molecule has 1 fully saturated rings. The Kier molecular flexibility index (Phi) is 7.31. The van der Waals surface area contributed by atoms with Gasteiger partial charge in [-0.05, 0) is 74.4 Å². The lowest BCUT2D eigenvalue weighted by Crippen LogP contribution is -2.37.